The number of unbranched alkanes of at least 4 members (excludes halogenated alkanes) is 10. The molecule has 2 N–H and O–H groups in total. The van der Waals surface area contributed by atoms with Gasteiger partial charge in [-0.15, -0.1) is 0 Å². The Morgan fingerprint density at radius 3 is 1.09 bits per heavy atom. The summed E-state index contributed by atoms with van der Waals surface area (Å²) in [5.74, 6) is -0.0510. The molecule has 0 radical (unpaired) electrons. The number of thioether (sulfide) groups is 2. The van der Waals surface area contributed by atoms with E-state index in [9.17, 15) is 29.4 Å². The second-order valence-electron chi connectivity index (χ2n) is 8.77. The van der Waals surface area contributed by atoms with Gasteiger partial charge in [0, 0.05) is 25.4 Å². The van der Waals surface area contributed by atoms with E-state index in [2.05, 4.69) is 0 Å². The molecule has 0 saturated heterocycles. The van der Waals surface area contributed by atoms with Crippen LogP contribution in [0.1, 0.15) is 117 Å². The van der Waals surface area contributed by atoms with Gasteiger partial charge in [0.05, 0.1) is 12.8 Å². The third-order valence-corrected chi connectivity index (χ3v) is 7.38. The Hall–Kier alpha value is -1.28. The molecule has 0 aliphatic heterocycles. The Bertz CT molecular complexity index is 591. The van der Waals surface area contributed by atoms with Crippen molar-refractivity contribution in [2.75, 3.05) is 11.5 Å². The number of hydrogen-bond donors (Lipinski definition) is 2. The lowest BCUT2D eigenvalue weighted by Crippen LogP contribution is -2.06. The van der Waals surface area contributed by atoms with Gasteiger partial charge in [-0.3, -0.25) is 19.2 Å². The maximum Gasteiger partial charge on any atom is 0.307 e. The zero-order chi connectivity index (χ0) is 25.6. The van der Waals surface area contributed by atoms with Crippen LogP contribution in [0.4, 0.5) is 0 Å². The van der Waals surface area contributed by atoms with Crippen molar-refractivity contribution in [2.45, 2.75) is 117 Å². The van der Waals surface area contributed by atoms with Gasteiger partial charge in [0.25, 0.3) is 0 Å². The van der Waals surface area contributed by atoms with Crippen molar-refractivity contribution in [2.24, 2.45) is 0 Å². The number of aliphatic carboxylic acids is 2. The smallest absolute Gasteiger partial charge is 0.307 e. The topological polar surface area (TPSA) is 109 Å². The Labute approximate surface area is 214 Å². The molecule has 0 aliphatic carbocycles. The maximum atomic E-state index is 11.4. The summed E-state index contributed by atoms with van der Waals surface area (Å²) in [6, 6.07) is 0. The highest BCUT2D eigenvalue weighted by Crippen LogP contribution is 2.25. The van der Waals surface area contributed by atoms with E-state index in [1.165, 1.54) is 23.5 Å². The molecule has 6 nitrogen and oxygen atoms in total. The fourth-order valence-electron chi connectivity index (χ4n) is 3.87. The Balaban J connectivity index is 4.41. The number of carbonyl (C=O) groups is 4. The molecule has 0 spiro atoms. The minimum Gasteiger partial charge on any atom is -0.481 e. The first-order chi connectivity index (χ1) is 16.2. The second-order valence-corrected chi connectivity index (χ2v) is 11.3. The Morgan fingerprint density at radius 2 is 0.794 bits per heavy atom. The van der Waals surface area contributed by atoms with Crippen LogP contribution >= 0.6 is 23.5 Å². The first kappa shape index (κ1) is 32.7. The Morgan fingerprint density at radius 1 is 0.500 bits per heavy atom. The highest BCUT2D eigenvalue weighted by molar-refractivity contribution is 8.13. The van der Waals surface area contributed by atoms with Crippen LogP contribution in [0, 0.1) is 0 Å². The monoisotopic (exact) mass is 516 g/mol. The quantitative estimate of drug-likeness (QED) is 0.114. The second kappa shape index (κ2) is 22.2. The molecule has 0 amide bonds. The minimum absolute atomic E-state index is 0.0707. The van der Waals surface area contributed by atoms with Crippen LogP contribution in [0.2, 0.25) is 0 Å². The number of carboxylic acid groups (broad SMARTS) is 2. The van der Waals surface area contributed by atoms with Crippen molar-refractivity contribution >= 4 is 45.7 Å². The third kappa shape index (κ3) is 22.5. The van der Waals surface area contributed by atoms with Crippen molar-refractivity contribution in [3.8, 4) is 0 Å². The molecular formula is C26H44O6S2. The molecule has 0 aromatic rings. The lowest BCUT2D eigenvalue weighted by atomic mass is 9.92. The van der Waals surface area contributed by atoms with Gasteiger partial charge in [0.1, 0.15) is 0 Å². The maximum absolute atomic E-state index is 11.4. The van der Waals surface area contributed by atoms with Crippen molar-refractivity contribution in [3.63, 3.8) is 0 Å². The number of carboxylic acids is 2. The summed E-state index contributed by atoms with van der Waals surface area (Å²) in [6.07, 6.45) is 13.6. The largest absolute Gasteiger partial charge is 0.481 e. The van der Waals surface area contributed by atoms with Crippen molar-refractivity contribution in [1.29, 1.82) is 0 Å². The molecule has 0 rings (SSSR count). The van der Waals surface area contributed by atoms with Crippen LogP contribution in [0.25, 0.3) is 0 Å². The SMILES string of the molecule is CC(=O)SCCCCCCCCC(CC(=O)O)=C(CCCCCCCCSC(C)=O)CC(=O)O. The van der Waals surface area contributed by atoms with Crippen LogP contribution in [-0.2, 0) is 19.2 Å². The zero-order valence-electron chi connectivity index (χ0n) is 21.1. The molecule has 0 atom stereocenters. The Kier molecular flexibility index (Phi) is 21.4. The molecule has 0 heterocycles. The first-order valence-corrected chi connectivity index (χ1v) is 14.6. The summed E-state index contributed by atoms with van der Waals surface area (Å²) in [5.41, 5.74) is 1.60. The third-order valence-electron chi connectivity index (χ3n) is 5.59. The molecule has 0 saturated carbocycles. The average Bonchev–Trinajstić information content (AvgIpc) is 2.74. The van der Waals surface area contributed by atoms with Gasteiger partial charge in [-0.2, -0.15) is 0 Å². The molecular weight excluding hydrogens is 472 g/mol. The number of rotatable bonds is 22. The molecule has 0 bridgehead atoms. The standard InChI is InChI=1S/C26H44O6S2/c1-21(27)33-17-13-9-5-3-7-11-15-23(19-25(29)30)24(20-26(31)32)16-12-8-4-6-10-14-18-34-22(2)28/h3-20H2,1-2H3,(H,29,30)(H,31,32). The normalized spacial score (nSPS) is 11.8. The van der Waals surface area contributed by atoms with E-state index >= 15 is 0 Å². The van der Waals surface area contributed by atoms with E-state index < -0.39 is 11.9 Å². The number of hydrogen-bond acceptors (Lipinski definition) is 6. The lowest BCUT2D eigenvalue weighted by Gasteiger charge is -2.14. The van der Waals surface area contributed by atoms with Gasteiger partial charge in [0.15, 0.2) is 10.2 Å². The lowest BCUT2D eigenvalue weighted by molar-refractivity contribution is -0.137. The predicted molar refractivity (Wildman–Crippen MR) is 142 cm³/mol. The molecule has 8 heteroatoms. The molecule has 34 heavy (non-hydrogen) atoms. The van der Waals surface area contributed by atoms with E-state index in [1.54, 1.807) is 13.8 Å². The fourth-order valence-corrected chi connectivity index (χ4v) is 5.14. The summed E-state index contributed by atoms with van der Waals surface area (Å²) >= 11 is 2.74. The van der Waals surface area contributed by atoms with Crippen LogP contribution in [0.3, 0.4) is 0 Å². The van der Waals surface area contributed by atoms with E-state index in [0.29, 0.717) is 12.8 Å². The van der Waals surface area contributed by atoms with Gasteiger partial charge in [-0.1, -0.05) is 86.0 Å². The van der Waals surface area contributed by atoms with Crippen molar-refractivity contribution in [1.82, 2.24) is 0 Å². The highest BCUT2D eigenvalue weighted by atomic mass is 32.2. The molecule has 0 fully saturated rings. The van der Waals surface area contributed by atoms with E-state index in [4.69, 9.17) is 0 Å². The molecule has 0 aromatic heterocycles. The van der Waals surface area contributed by atoms with Crippen molar-refractivity contribution < 1.29 is 29.4 Å². The van der Waals surface area contributed by atoms with Crippen molar-refractivity contribution in [3.05, 3.63) is 11.1 Å². The van der Waals surface area contributed by atoms with Gasteiger partial charge in [0.2, 0.25) is 0 Å². The van der Waals surface area contributed by atoms with Gasteiger partial charge >= 0.3 is 11.9 Å². The first-order valence-electron chi connectivity index (χ1n) is 12.6. The van der Waals surface area contributed by atoms with E-state index in [0.717, 1.165) is 99.7 Å². The summed E-state index contributed by atoms with van der Waals surface area (Å²) in [5, 5.41) is 19.0. The highest BCUT2D eigenvalue weighted by Gasteiger charge is 2.14. The minimum atomic E-state index is -0.899. The molecule has 196 valence electrons. The summed E-state index contributed by atoms with van der Waals surface area (Å²) in [4.78, 5) is 44.6. The van der Waals surface area contributed by atoms with Gasteiger partial charge < -0.3 is 10.2 Å². The molecule has 0 aliphatic rings. The average molecular weight is 517 g/mol. The van der Waals surface area contributed by atoms with Crippen LogP contribution in [0.5, 0.6) is 0 Å². The van der Waals surface area contributed by atoms with Crippen LogP contribution < -0.4 is 0 Å². The zero-order valence-corrected chi connectivity index (χ0v) is 22.7. The van der Waals surface area contributed by atoms with Crippen LogP contribution in [0.15, 0.2) is 11.1 Å². The molecule has 0 aromatic carbocycles. The summed E-state index contributed by atoms with van der Waals surface area (Å²) < 4.78 is 0. The molecule has 0 unspecified atom stereocenters. The van der Waals surface area contributed by atoms with E-state index in [-0.39, 0.29) is 23.1 Å². The van der Waals surface area contributed by atoms with Gasteiger partial charge in [-0.25, -0.2) is 0 Å². The predicted octanol–water partition coefficient (Wildman–Crippen LogP) is 7.25. The summed E-state index contributed by atoms with van der Waals surface area (Å²) in [7, 11) is 0. The fraction of sp³-hybridized carbons (Fsp3) is 0.769. The summed E-state index contributed by atoms with van der Waals surface area (Å²) in [6.45, 7) is 3.18. The number of carbonyl (C=O) groups excluding carboxylic acids is 2. The van der Waals surface area contributed by atoms with Crippen LogP contribution in [-0.4, -0.2) is 43.9 Å². The van der Waals surface area contributed by atoms with E-state index in [1.807, 2.05) is 0 Å². The van der Waals surface area contributed by atoms with Gasteiger partial charge in [-0.05, 0) is 38.5 Å².